The second kappa shape index (κ2) is 5.83. The van der Waals surface area contributed by atoms with Crippen molar-refractivity contribution in [1.29, 1.82) is 0 Å². The summed E-state index contributed by atoms with van der Waals surface area (Å²) in [6.45, 7) is 4.88. The van der Waals surface area contributed by atoms with Crippen LogP contribution in [0.15, 0.2) is 41.5 Å². The van der Waals surface area contributed by atoms with E-state index in [-0.39, 0.29) is 12.1 Å². The minimum absolute atomic E-state index is 0.133. The summed E-state index contributed by atoms with van der Waals surface area (Å²) in [5.74, 6) is -0.191. The van der Waals surface area contributed by atoms with Gasteiger partial charge in [-0.15, -0.1) is 0 Å². The Balaban J connectivity index is 1.79. The van der Waals surface area contributed by atoms with Gasteiger partial charge in [0.25, 0.3) is 0 Å². The number of hydrogen-bond donors (Lipinski definition) is 0. The molecule has 1 fully saturated rings. The zero-order valence-corrected chi connectivity index (χ0v) is 10.8. The summed E-state index contributed by atoms with van der Waals surface area (Å²) in [6.07, 6.45) is 0.529. The van der Waals surface area contributed by atoms with Crippen molar-refractivity contribution >= 4 is 5.97 Å². The van der Waals surface area contributed by atoms with E-state index in [0.717, 1.165) is 16.7 Å². The molecule has 96 valence electrons. The van der Waals surface area contributed by atoms with Gasteiger partial charge in [-0.05, 0) is 19.4 Å². The van der Waals surface area contributed by atoms with Crippen LogP contribution in [0.5, 0.6) is 0 Å². The Morgan fingerprint density at radius 2 is 2.06 bits per heavy atom. The van der Waals surface area contributed by atoms with Crippen LogP contribution in [0.3, 0.4) is 0 Å². The molecule has 1 unspecified atom stereocenters. The summed E-state index contributed by atoms with van der Waals surface area (Å²) in [6, 6.07) is 9.97. The van der Waals surface area contributed by atoms with E-state index in [0.29, 0.717) is 19.6 Å². The van der Waals surface area contributed by atoms with Crippen molar-refractivity contribution in [2.75, 3.05) is 6.61 Å². The molecule has 0 amide bonds. The molecule has 0 N–H and O–H groups in total. The molecular weight excluding hydrogens is 228 g/mol. The summed E-state index contributed by atoms with van der Waals surface area (Å²) in [7, 11) is 0. The molecule has 1 aliphatic heterocycles. The first-order valence-corrected chi connectivity index (χ1v) is 6.16. The lowest BCUT2D eigenvalue weighted by Crippen LogP contribution is -2.14. The van der Waals surface area contributed by atoms with Gasteiger partial charge in [0, 0.05) is 12.0 Å². The van der Waals surface area contributed by atoms with Crippen LogP contribution in [0.25, 0.3) is 0 Å². The lowest BCUT2D eigenvalue weighted by atomic mass is 10.1. The molecule has 0 radical (unpaired) electrons. The smallest absolute Gasteiger partial charge is 0.334 e. The highest BCUT2D eigenvalue weighted by Gasteiger charge is 2.29. The van der Waals surface area contributed by atoms with Crippen molar-refractivity contribution in [1.82, 2.24) is 0 Å². The molecule has 1 aromatic rings. The number of ether oxygens (including phenoxy) is 2. The average molecular weight is 246 g/mol. The molecule has 3 nitrogen and oxygen atoms in total. The predicted molar refractivity (Wildman–Crippen MR) is 69.0 cm³/mol. The first kappa shape index (κ1) is 12.8. The SMILES string of the molecule is CC(C)=C1CC(COCc2ccccc2)OC1=O. The molecule has 1 heterocycles. The van der Waals surface area contributed by atoms with Crippen LogP contribution in [0.4, 0.5) is 0 Å². The molecular formula is C15H18O3. The fourth-order valence-electron chi connectivity index (χ4n) is 1.96. The van der Waals surface area contributed by atoms with Crippen molar-refractivity contribution < 1.29 is 14.3 Å². The first-order valence-electron chi connectivity index (χ1n) is 6.16. The highest BCUT2D eigenvalue weighted by Crippen LogP contribution is 2.23. The second-order valence-corrected chi connectivity index (χ2v) is 4.71. The second-order valence-electron chi connectivity index (χ2n) is 4.71. The Kier molecular flexibility index (Phi) is 4.15. The lowest BCUT2D eigenvalue weighted by molar-refractivity contribution is -0.141. The first-order chi connectivity index (χ1) is 8.66. The summed E-state index contributed by atoms with van der Waals surface area (Å²) in [4.78, 5) is 11.5. The molecule has 1 atom stereocenters. The van der Waals surface area contributed by atoms with Crippen LogP contribution in [0.1, 0.15) is 25.8 Å². The zero-order valence-electron chi connectivity index (χ0n) is 10.8. The van der Waals surface area contributed by atoms with Gasteiger partial charge >= 0.3 is 5.97 Å². The Bertz CT molecular complexity index is 444. The Hall–Kier alpha value is -1.61. The highest BCUT2D eigenvalue weighted by molar-refractivity contribution is 5.91. The monoisotopic (exact) mass is 246 g/mol. The molecule has 1 aromatic carbocycles. The maximum absolute atomic E-state index is 11.5. The van der Waals surface area contributed by atoms with E-state index in [1.165, 1.54) is 0 Å². The fraction of sp³-hybridized carbons (Fsp3) is 0.400. The van der Waals surface area contributed by atoms with Gasteiger partial charge in [0.05, 0.1) is 13.2 Å². The molecule has 0 saturated carbocycles. The van der Waals surface area contributed by atoms with Crippen LogP contribution in [-0.4, -0.2) is 18.7 Å². The van der Waals surface area contributed by atoms with Crippen molar-refractivity contribution in [2.24, 2.45) is 0 Å². The summed E-state index contributed by atoms with van der Waals surface area (Å²) in [5, 5.41) is 0. The van der Waals surface area contributed by atoms with E-state index in [2.05, 4.69) is 0 Å². The van der Waals surface area contributed by atoms with Gasteiger partial charge in [-0.2, -0.15) is 0 Å². The van der Waals surface area contributed by atoms with Crippen LogP contribution >= 0.6 is 0 Å². The molecule has 2 rings (SSSR count). The third-order valence-electron chi connectivity index (χ3n) is 2.97. The van der Waals surface area contributed by atoms with E-state index >= 15 is 0 Å². The van der Waals surface area contributed by atoms with Crippen molar-refractivity contribution in [2.45, 2.75) is 33.0 Å². The number of benzene rings is 1. The summed E-state index contributed by atoms with van der Waals surface area (Å²) >= 11 is 0. The number of rotatable bonds is 4. The van der Waals surface area contributed by atoms with Crippen molar-refractivity contribution in [3.8, 4) is 0 Å². The molecule has 1 aliphatic rings. The topological polar surface area (TPSA) is 35.5 Å². The molecule has 1 saturated heterocycles. The van der Waals surface area contributed by atoms with E-state index in [1.54, 1.807) is 0 Å². The Morgan fingerprint density at radius 1 is 1.33 bits per heavy atom. The standard InChI is InChI=1S/C15H18O3/c1-11(2)14-8-13(18-15(14)16)10-17-9-12-6-4-3-5-7-12/h3-7,13H,8-10H2,1-2H3. The van der Waals surface area contributed by atoms with Crippen LogP contribution < -0.4 is 0 Å². The van der Waals surface area contributed by atoms with Crippen LogP contribution in [-0.2, 0) is 20.9 Å². The largest absolute Gasteiger partial charge is 0.456 e. The van der Waals surface area contributed by atoms with Crippen molar-refractivity contribution in [3.05, 3.63) is 47.0 Å². The average Bonchev–Trinajstić information content (AvgIpc) is 2.72. The van der Waals surface area contributed by atoms with Gasteiger partial charge in [-0.25, -0.2) is 4.79 Å². The number of esters is 1. The minimum Gasteiger partial charge on any atom is -0.456 e. The van der Waals surface area contributed by atoms with E-state index in [4.69, 9.17) is 9.47 Å². The van der Waals surface area contributed by atoms with Gasteiger partial charge in [0.1, 0.15) is 6.10 Å². The predicted octanol–water partition coefficient (Wildman–Crippen LogP) is 2.86. The fourth-order valence-corrected chi connectivity index (χ4v) is 1.96. The molecule has 0 aliphatic carbocycles. The molecule has 18 heavy (non-hydrogen) atoms. The van der Waals surface area contributed by atoms with Gasteiger partial charge in [-0.1, -0.05) is 35.9 Å². The van der Waals surface area contributed by atoms with Gasteiger partial charge in [0.15, 0.2) is 0 Å². The zero-order chi connectivity index (χ0) is 13.0. The maximum Gasteiger partial charge on any atom is 0.334 e. The van der Waals surface area contributed by atoms with Crippen molar-refractivity contribution in [3.63, 3.8) is 0 Å². The van der Waals surface area contributed by atoms with Gasteiger partial charge in [0.2, 0.25) is 0 Å². The maximum atomic E-state index is 11.5. The molecule has 0 spiro atoms. The molecule has 0 bridgehead atoms. The van der Waals surface area contributed by atoms with Crippen LogP contribution in [0, 0.1) is 0 Å². The van der Waals surface area contributed by atoms with Gasteiger partial charge < -0.3 is 9.47 Å². The quantitative estimate of drug-likeness (QED) is 0.605. The minimum atomic E-state index is -0.191. The third kappa shape index (κ3) is 3.20. The summed E-state index contributed by atoms with van der Waals surface area (Å²) in [5.41, 5.74) is 2.96. The Morgan fingerprint density at radius 3 is 2.67 bits per heavy atom. The summed E-state index contributed by atoms with van der Waals surface area (Å²) < 4.78 is 10.8. The third-order valence-corrected chi connectivity index (χ3v) is 2.97. The van der Waals surface area contributed by atoms with E-state index in [1.807, 2.05) is 44.2 Å². The van der Waals surface area contributed by atoms with Gasteiger partial charge in [-0.3, -0.25) is 0 Å². The van der Waals surface area contributed by atoms with E-state index in [9.17, 15) is 4.79 Å². The molecule has 0 aromatic heterocycles. The van der Waals surface area contributed by atoms with Crippen LogP contribution in [0.2, 0.25) is 0 Å². The normalized spacial score (nSPS) is 18.9. The highest BCUT2D eigenvalue weighted by atomic mass is 16.6. The number of carbonyl (C=O) groups excluding carboxylic acids is 1. The molecule has 3 heteroatoms. The number of allylic oxidation sites excluding steroid dienone is 1. The number of carbonyl (C=O) groups is 1. The Labute approximate surface area is 107 Å². The van der Waals surface area contributed by atoms with E-state index < -0.39 is 0 Å². The number of cyclic esters (lactones) is 1. The lowest BCUT2D eigenvalue weighted by Gasteiger charge is -2.09. The number of hydrogen-bond acceptors (Lipinski definition) is 3.